The van der Waals surface area contributed by atoms with Crippen LogP contribution in [0.3, 0.4) is 0 Å². The topological polar surface area (TPSA) is 17.1 Å². The van der Waals surface area contributed by atoms with Crippen molar-refractivity contribution in [3.63, 3.8) is 0 Å². The molecule has 0 aromatic rings. The molecule has 0 spiro atoms. The molecule has 0 unspecified atom stereocenters. The van der Waals surface area contributed by atoms with E-state index < -0.39 is 0 Å². The molecule has 1 rings (SSSR count). The quantitative estimate of drug-likeness (QED) is 0.367. The maximum absolute atomic E-state index is 11.8. The summed E-state index contributed by atoms with van der Waals surface area (Å²) in [5, 5.41) is 0. The smallest absolute Gasteiger partial charge is 0.158 e. The molecule has 1 aliphatic carbocycles. The van der Waals surface area contributed by atoms with Gasteiger partial charge in [-0.05, 0) is 25.3 Å². The minimum atomic E-state index is 0.314. The fourth-order valence-corrected chi connectivity index (χ4v) is 2.17. The van der Waals surface area contributed by atoms with E-state index in [0.29, 0.717) is 11.7 Å². The Morgan fingerprint density at radius 3 is 2.62 bits per heavy atom. The van der Waals surface area contributed by atoms with E-state index in [1.165, 1.54) is 32.1 Å². The second kappa shape index (κ2) is 8.32. The van der Waals surface area contributed by atoms with Crippen LogP contribution in [0.2, 0.25) is 0 Å². The lowest BCUT2D eigenvalue weighted by molar-refractivity contribution is -0.119. The summed E-state index contributed by atoms with van der Waals surface area (Å²) in [6.45, 7) is 2.19. The van der Waals surface area contributed by atoms with Gasteiger partial charge in [-0.25, -0.2) is 0 Å². The van der Waals surface area contributed by atoms with Crippen LogP contribution in [0.15, 0.2) is 24.3 Å². The maximum Gasteiger partial charge on any atom is 0.158 e. The van der Waals surface area contributed by atoms with Gasteiger partial charge in [-0.15, -0.1) is 0 Å². The third kappa shape index (κ3) is 5.29. The Morgan fingerprint density at radius 2 is 1.94 bits per heavy atom. The Morgan fingerprint density at radius 1 is 1.19 bits per heavy atom. The lowest BCUT2D eigenvalue weighted by Gasteiger charge is -2.18. The van der Waals surface area contributed by atoms with Crippen LogP contribution in [0.5, 0.6) is 0 Å². The molecule has 0 aromatic carbocycles. The van der Waals surface area contributed by atoms with Gasteiger partial charge in [-0.2, -0.15) is 0 Å². The molecule has 1 saturated carbocycles. The Labute approximate surface area is 99.6 Å². The number of rotatable bonds is 6. The molecule has 90 valence electrons. The fraction of sp³-hybridized carbons (Fsp3) is 0.667. The molecule has 0 aliphatic heterocycles. The minimum Gasteiger partial charge on any atom is -0.295 e. The molecule has 0 radical (unpaired) electrons. The Balaban J connectivity index is 2.21. The zero-order chi connectivity index (χ0) is 11.6. The van der Waals surface area contributed by atoms with Gasteiger partial charge in [0.1, 0.15) is 0 Å². The van der Waals surface area contributed by atoms with Gasteiger partial charge < -0.3 is 0 Å². The second-order valence-electron chi connectivity index (χ2n) is 4.67. The highest BCUT2D eigenvalue weighted by Crippen LogP contribution is 2.24. The van der Waals surface area contributed by atoms with Crippen molar-refractivity contribution in [2.24, 2.45) is 5.92 Å². The summed E-state index contributed by atoms with van der Waals surface area (Å²) < 4.78 is 0. The molecule has 0 saturated heterocycles. The molecule has 1 heteroatoms. The summed E-state index contributed by atoms with van der Waals surface area (Å²) >= 11 is 0. The number of allylic oxidation sites excluding steroid dienone is 4. The largest absolute Gasteiger partial charge is 0.295 e. The van der Waals surface area contributed by atoms with Crippen molar-refractivity contribution in [2.75, 3.05) is 0 Å². The van der Waals surface area contributed by atoms with Crippen LogP contribution in [-0.2, 0) is 4.79 Å². The van der Waals surface area contributed by atoms with E-state index in [0.717, 1.165) is 19.3 Å². The van der Waals surface area contributed by atoms with Crippen molar-refractivity contribution in [1.29, 1.82) is 0 Å². The summed E-state index contributed by atoms with van der Waals surface area (Å²) in [4.78, 5) is 11.8. The molecule has 0 heterocycles. The Hall–Kier alpha value is -0.850. The fourth-order valence-electron chi connectivity index (χ4n) is 2.17. The first-order valence-corrected chi connectivity index (χ1v) is 6.71. The van der Waals surface area contributed by atoms with Crippen molar-refractivity contribution in [2.45, 2.75) is 58.3 Å². The summed E-state index contributed by atoms with van der Waals surface area (Å²) in [5.74, 6) is 0.647. The summed E-state index contributed by atoms with van der Waals surface area (Å²) in [5.41, 5.74) is 0. The molecule has 16 heavy (non-hydrogen) atoms. The van der Waals surface area contributed by atoms with Gasteiger partial charge >= 0.3 is 0 Å². The number of hydrogen-bond acceptors (Lipinski definition) is 1. The SMILES string of the molecule is CCCC/C=C/C=C/C(=O)C1CCCCC1. The number of hydrogen-bond donors (Lipinski definition) is 0. The molecule has 1 fully saturated rings. The normalized spacial score (nSPS) is 18.6. The van der Waals surface area contributed by atoms with Gasteiger partial charge in [0.25, 0.3) is 0 Å². The van der Waals surface area contributed by atoms with Gasteiger partial charge in [0.15, 0.2) is 5.78 Å². The highest BCUT2D eigenvalue weighted by molar-refractivity contribution is 5.91. The number of ketones is 1. The molecule has 1 aliphatic rings. The highest BCUT2D eigenvalue weighted by atomic mass is 16.1. The summed E-state index contributed by atoms with van der Waals surface area (Å²) in [7, 11) is 0. The van der Waals surface area contributed by atoms with Crippen LogP contribution in [0.4, 0.5) is 0 Å². The highest BCUT2D eigenvalue weighted by Gasteiger charge is 2.18. The average Bonchev–Trinajstić information content (AvgIpc) is 2.34. The van der Waals surface area contributed by atoms with Gasteiger partial charge in [-0.1, -0.05) is 57.3 Å². The van der Waals surface area contributed by atoms with E-state index in [9.17, 15) is 4.79 Å². The first-order valence-electron chi connectivity index (χ1n) is 6.71. The first kappa shape index (κ1) is 13.2. The number of unbranched alkanes of at least 4 members (excludes halogenated alkanes) is 2. The predicted octanol–water partition coefficient (Wildman–Crippen LogP) is 4.44. The molecule has 0 amide bonds. The van der Waals surface area contributed by atoms with Crippen LogP contribution in [0.25, 0.3) is 0 Å². The van der Waals surface area contributed by atoms with Gasteiger partial charge in [-0.3, -0.25) is 4.79 Å². The van der Waals surface area contributed by atoms with Gasteiger partial charge in [0.2, 0.25) is 0 Å². The monoisotopic (exact) mass is 220 g/mol. The third-order valence-corrected chi connectivity index (χ3v) is 3.24. The van der Waals surface area contributed by atoms with E-state index in [1.54, 1.807) is 6.08 Å². The lowest BCUT2D eigenvalue weighted by Crippen LogP contribution is -2.15. The molecule has 0 N–H and O–H groups in total. The molecule has 0 atom stereocenters. The Kier molecular flexibility index (Phi) is 6.87. The van der Waals surface area contributed by atoms with Crippen molar-refractivity contribution >= 4 is 5.78 Å². The molecule has 0 bridgehead atoms. The lowest BCUT2D eigenvalue weighted by atomic mass is 9.86. The zero-order valence-electron chi connectivity index (χ0n) is 10.5. The molecular formula is C15H24O. The first-order chi connectivity index (χ1) is 7.84. The standard InChI is InChI=1S/C15H24O/c1-2-3-4-5-6-10-13-15(16)14-11-8-7-9-12-14/h5-6,10,13-14H,2-4,7-9,11-12H2,1H3/b6-5+,13-10+. The molecule has 1 nitrogen and oxygen atoms in total. The van der Waals surface area contributed by atoms with Gasteiger partial charge in [0, 0.05) is 5.92 Å². The van der Waals surface area contributed by atoms with Gasteiger partial charge in [0.05, 0.1) is 0 Å². The van der Waals surface area contributed by atoms with Crippen LogP contribution in [0, 0.1) is 5.92 Å². The number of carbonyl (C=O) groups excluding carboxylic acids is 1. The summed E-state index contributed by atoms with van der Waals surface area (Å²) in [6.07, 6.45) is 17.4. The second-order valence-corrected chi connectivity index (χ2v) is 4.67. The zero-order valence-corrected chi connectivity index (χ0v) is 10.5. The minimum absolute atomic E-state index is 0.314. The van der Waals surface area contributed by atoms with E-state index in [1.807, 2.05) is 12.2 Å². The Bertz CT molecular complexity index is 244. The van der Waals surface area contributed by atoms with Crippen molar-refractivity contribution < 1.29 is 4.79 Å². The number of carbonyl (C=O) groups is 1. The van der Waals surface area contributed by atoms with E-state index in [2.05, 4.69) is 13.0 Å². The average molecular weight is 220 g/mol. The van der Waals surface area contributed by atoms with E-state index >= 15 is 0 Å². The van der Waals surface area contributed by atoms with Crippen molar-refractivity contribution in [3.05, 3.63) is 24.3 Å². The van der Waals surface area contributed by atoms with Crippen LogP contribution >= 0.6 is 0 Å². The van der Waals surface area contributed by atoms with Crippen LogP contribution in [0.1, 0.15) is 58.3 Å². The van der Waals surface area contributed by atoms with E-state index in [4.69, 9.17) is 0 Å². The molecular weight excluding hydrogens is 196 g/mol. The van der Waals surface area contributed by atoms with Crippen molar-refractivity contribution in [3.8, 4) is 0 Å². The molecule has 0 aromatic heterocycles. The van der Waals surface area contributed by atoms with Crippen LogP contribution in [-0.4, -0.2) is 5.78 Å². The van der Waals surface area contributed by atoms with E-state index in [-0.39, 0.29) is 0 Å². The maximum atomic E-state index is 11.8. The third-order valence-electron chi connectivity index (χ3n) is 3.24. The predicted molar refractivity (Wildman–Crippen MR) is 69.4 cm³/mol. The van der Waals surface area contributed by atoms with Crippen molar-refractivity contribution in [1.82, 2.24) is 0 Å². The van der Waals surface area contributed by atoms with Crippen LogP contribution < -0.4 is 0 Å². The summed E-state index contributed by atoms with van der Waals surface area (Å²) in [6, 6.07) is 0.